The molecule has 2 rings (SSSR count). The number of halogens is 1. The SMILES string of the molecule is Cc1oc(CN(C)Cc2cccc(Cl)c2)cc1CN. The first-order valence-corrected chi connectivity index (χ1v) is 6.67. The molecule has 0 bridgehead atoms. The van der Waals surface area contributed by atoms with Crippen LogP contribution in [0.1, 0.15) is 22.6 Å². The molecule has 0 saturated heterocycles. The average Bonchev–Trinajstić information content (AvgIpc) is 2.69. The summed E-state index contributed by atoms with van der Waals surface area (Å²) in [5, 5.41) is 0.769. The van der Waals surface area contributed by atoms with Gasteiger partial charge < -0.3 is 10.2 Å². The van der Waals surface area contributed by atoms with E-state index in [0.29, 0.717) is 6.54 Å². The molecule has 0 amide bonds. The third kappa shape index (κ3) is 3.83. The van der Waals surface area contributed by atoms with Crippen LogP contribution in [-0.2, 0) is 19.6 Å². The Bertz CT molecular complexity index is 551. The highest BCUT2D eigenvalue weighted by molar-refractivity contribution is 6.30. The van der Waals surface area contributed by atoms with Crippen molar-refractivity contribution in [3.63, 3.8) is 0 Å². The Kier molecular flexibility index (Phi) is 4.64. The van der Waals surface area contributed by atoms with Crippen LogP contribution in [0.3, 0.4) is 0 Å². The first-order valence-electron chi connectivity index (χ1n) is 6.29. The van der Waals surface area contributed by atoms with E-state index in [2.05, 4.69) is 18.0 Å². The van der Waals surface area contributed by atoms with Gasteiger partial charge in [0.05, 0.1) is 6.54 Å². The number of aryl methyl sites for hydroxylation is 1. The molecule has 0 saturated carbocycles. The van der Waals surface area contributed by atoms with Gasteiger partial charge in [-0.1, -0.05) is 23.7 Å². The minimum atomic E-state index is 0.521. The molecular weight excluding hydrogens is 260 g/mol. The fourth-order valence-electron chi connectivity index (χ4n) is 2.14. The quantitative estimate of drug-likeness (QED) is 0.912. The second-order valence-corrected chi connectivity index (χ2v) is 5.24. The summed E-state index contributed by atoms with van der Waals surface area (Å²) in [5.41, 5.74) is 7.91. The summed E-state index contributed by atoms with van der Waals surface area (Å²) in [6, 6.07) is 9.94. The van der Waals surface area contributed by atoms with E-state index in [1.807, 2.05) is 31.2 Å². The summed E-state index contributed by atoms with van der Waals surface area (Å²) in [7, 11) is 2.06. The monoisotopic (exact) mass is 278 g/mol. The number of hydrogen-bond acceptors (Lipinski definition) is 3. The van der Waals surface area contributed by atoms with Crippen molar-refractivity contribution in [2.45, 2.75) is 26.6 Å². The van der Waals surface area contributed by atoms with Gasteiger partial charge in [-0.3, -0.25) is 4.90 Å². The summed E-state index contributed by atoms with van der Waals surface area (Å²) in [4.78, 5) is 2.18. The Morgan fingerprint density at radius 1 is 1.26 bits per heavy atom. The zero-order valence-corrected chi connectivity index (χ0v) is 12.1. The molecule has 0 aliphatic carbocycles. The number of hydrogen-bond donors (Lipinski definition) is 1. The normalized spacial score (nSPS) is 11.2. The van der Waals surface area contributed by atoms with Crippen LogP contribution in [0.2, 0.25) is 5.02 Å². The molecule has 3 nitrogen and oxygen atoms in total. The number of benzene rings is 1. The standard InChI is InChI=1S/C15H19ClN2O/c1-11-13(8-17)7-15(19-11)10-18(2)9-12-4-3-5-14(16)6-12/h3-7H,8-10,17H2,1-2H3. The van der Waals surface area contributed by atoms with E-state index in [9.17, 15) is 0 Å². The summed E-state index contributed by atoms with van der Waals surface area (Å²) in [6.45, 7) is 4.06. The topological polar surface area (TPSA) is 42.4 Å². The van der Waals surface area contributed by atoms with E-state index in [-0.39, 0.29) is 0 Å². The zero-order chi connectivity index (χ0) is 13.8. The molecule has 0 atom stereocenters. The lowest BCUT2D eigenvalue weighted by Crippen LogP contribution is -2.16. The Morgan fingerprint density at radius 3 is 2.68 bits per heavy atom. The third-order valence-corrected chi connectivity index (χ3v) is 3.29. The van der Waals surface area contributed by atoms with Crippen molar-refractivity contribution in [2.75, 3.05) is 7.05 Å². The minimum Gasteiger partial charge on any atom is -0.465 e. The van der Waals surface area contributed by atoms with E-state index >= 15 is 0 Å². The molecule has 19 heavy (non-hydrogen) atoms. The summed E-state index contributed by atoms with van der Waals surface area (Å²) in [5.74, 6) is 1.86. The average molecular weight is 279 g/mol. The molecule has 1 aromatic carbocycles. The predicted molar refractivity (Wildman–Crippen MR) is 78.0 cm³/mol. The van der Waals surface area contributed by atoms with Gasteiger partial charge in [0.1, 0.15) is 11.5 Å². The van der Waals surface area contributed by atoms with Gasteiger partial charge in [-0.15, -0.1) is 0 Å². The Morgan fingerprint density at radius 2 is 2.05 bits per heavy atom. The molecule has 2 aromatic rings. The van der Waals surface area contributed by atoms with E-state index in [1.165, 1.54) is 5.56 Å². The van der Waals surface area contributed by atoms with Crippen LogP contribution < -0.4 is 5.73 Å². The van der Waals surface area contributed by atoms with Gasteiger partial charge in [0.25, 0.3) is 0 Å². The number of rotatable bonds is 5. The summed E-state index contributed by atoms with van der Waals surface area (Å²) in [6.07, 6.45) is 0. The Labute approximate surface area is 119 Å². The lowest BCUT2D eigenvalue weighted by Gasteiger charge is -2.15. The van der Waals surface area contributed by atoms with Gasteiger partial charge in [0.15, 0.2) is 0 Å². The van der Waals surface area contributed by atoms with Gasteiger partial charge in [0, 0.05) is 23.7 Å². The van der Waals surface area contributed by atoms with Crippen LogP contribution in [0, 0.1) is 6.92 Å². The van der Waals surface area contributed by atoms with E-state index in [1.54, 1.807) is 0 Å². The van der Waals surface area contributed by atoms with Crippen LogP contribution in [0.25, 0.3) is 0 Å². The summed E-state index contributed by atoms with van der Waals surface area (Å²) >= 11 is 5.98. The molecule has 1 heterocycles. The van der Waals surface area contributed by atoms with Gasteiger partial charge in [0.2, 0.25) is 0 Å². The van der Waals surface area contributed by atoms with Crippen molar-refractivity contribution in [2.24, 2.45) is 5.73 Å². The minimum absolute atomic E-state index is 0.521. The van der Waals surface area contributed by atoms with Crippen LogP contribution >= 0.6 is 11.6 Å². The highest BCUT2D eigenvalue weighted by Crippen LogP contribution is 2.17. The highest BCUT2D eigenvalue weighted by Gasteiger charge is 2.09. The Hall–Kier alpha value is -1.29. The van der Waals surface area contributed by atoms with Crippen LogP contribution in [0.5, 0.6) is 0 Å². The van der Waals surface area contributed by atoms with Gasteiger partial charge in [-0.25, -0.2) is 0 Å². The molecular formula is C15H19ClN2O. The lowest BCUT2D eigenvalue weighted by molar-refractivity contribution is 0.285. The van der Waals surface area contributed by atoms with Crippen LogP contribution in [0.4, 0.5) is 0 Å². The largest absolute Gasteiger partial charge is 0.465 e. The molecule has 2 N–H and O–H groups in total. The fourth-order valence-corrected chi connectivity index (χ4v) is 2.35. The number of nitrogens with two attached hydrogens (primary N) is 1. The van der Waals surface area contributed by atoms with E-state index in [0.717, 1.165) is 35.2 Å². The van der Waals surface area contributed by atoms with Crippen molar-refractivity contribution in [3.8, 4) is 0 Å². The van der Waals surface area contributed by atoms with E-state index < -0.39 is 0 Å². The van der Waals surface area contributed by atoms with Crippen molar-refractivity contribution < 1.29 is 4.42 Å². The lowest BCUT2D eigenvalue weighted by atomic mass is 10.2. The second-order valence-electron chi connectivity index (χ2n) is 4.80. The first-order chi connectivity index (χ1) is 9.08. The maximum absolute atomic E-state index is 5.98. The first kappa shape index (κ1) is 14.1. The highest BCUT2D eigenvalue weighted by atomic mass is 35.5. The zero-order valence-electron chi connectivity index (χ0n) is 11.3. The summed E-state index contributed by atoms with van der Waals surface area (Å²) < 4.78 is 5.69. The van der Waals surface area contributed by atoms with Gasteiger partial charge >= 0.3 is 0 Å². The van der Waals surface area contributed by atoms with Crippen molar-refractivity contribution in [3.05, 3.63) is 58.0 Å². The number of furan rings is 1. The molecule has 0 fully saturated rings. The molecule has 1 aromatic heterocycles. The molecule has 0 aliphatic rings. The van der Waals surface area contributed by atoms with Gasteiger partial charge in [-0.2, -0.15) is 0 Å². The molecule has 102 valence electrons. The van der Waals surface area contributed by atoms with Crippen LogP contribution in [0.15, 0.2) is 34.7 Å². The molecule has 4 heteroatoms. The smallest absolute Gasteiger partial charge is 0.118 e. The molecule has 0 radical (unpaired) electrons. The maximum Gasteiger partial charge on any atom is 0.118 e. The van der Waals surface area contributed by atoms with Crippen LogP contribution in [-0.4, -0.2) is 11.9 Å². The number of nitrogens with zero attached hydrogens (tertiary/aromatic N) is 1. The Balaban J connectivity index is 1.98. The maximum atomic E-state index is 5.98. The second kappa shape index (κ2) is 6.24. The van der Waals surface area contributed by atoms with Gasteiger partial charge in [-0.05, 0) is 37.7 Å². The molecule has 0 unspecified atom stereocenters. The predicted octanol–water partition coefficient (Wildman–Crippen LogP) is 3.33. The van der Waals surface area contributed by atoms with Crippen molar-refractivity contribution in [1.82, 2.24) is 4.90 Å². The molecule has 0 spiro atoms. The fraction of sp³-hybridized carbons (Fsp3) is 0.333. The third-order valence-electron chi connectivity index (χ3n) is 3.06. The van der Waals surface area contributed by atoms with Crippen molar-refractivity contribution in [1.29, 1.82) is 0 Å². The molecule has 0 aliphatic heterocycles. The van der Waals surface area contributed by atoms with Crippen molar-refractivity contribution >= 4 is 11.6 Å². The van der Waals surface area contributed by atoms with E-state index in [4.69, 9.17) is 21.8 Å².